The van der Waals surface area contributed by atoms with Gasteiger partial charge in [-0.05, 0) is 20.8 Å². The Kier molecular flexibility index (Phi) is 7.97. The van der Waals surface area contributed by atoms with Crippen molar-refractivity contribution < 1.29 is 19.2 Å². The fourth-order valence-electron chi connectivity index (χ4n) is 3.14. The highest BCUT2D eigenvalue weighted by molar-refractivity contribution is 6.16. The second kappa shape index (κ2) is 10.3. The van der Waals surface area contributed by atoms with Crippen molar-refractivity contribution in [1.29, 1.82) is 0 Å². The molecule has 4 amide bonds. The molecule has 0 saturated carbocycles. The van der Waals surface area contributed by atoms with Crippen molar-refractivity contribution in [1.82, 2.24) is 15.3 Å². The molecule has 0 bridgehead atoms. The quantitative estimate of drug-likeness (QED) is 0.277. The summed E-state index contributed by atoms with van der Waals surface area (Å²) in [7, 11) is 0. The van der Waals surface area contributed by atoms with E-state index in [9.17, 15) is 19.2 Å². The van der Waals surface area contributed by atoms with Crippen molar-refractivity contribution >= 4 is 59.5 Å². The minimum absolute atomic E-state index is 0. The van der Waals surface area contributed by atoms with Crippen LogP contribution in [0.25, 0.3) is 0 Å². The second-order valence-corrected chi connectivity index (χ2v) is 7.53. The fraction of sp³-hybridized carbons (Fsp3) is 0.300. The minimum atomic E-state index is -1.60. The Bertz CT molecular complexity index is 1200. The first-order valence-corrected chi connectivity index (χ1v) is 9.97. The van der Waals surface area contributed by atoms with Gasteiger partial charge in [0, 0.05) is 36.5 Å². The first kappa shape index (κ1) is 26.3. The molecule has 3 heterocycles. The van der Waals surface area contributed by atoms with Crippen LogP contribution < -0.4 is 27.4 Å². The number of nitrogens with zero attached hydrogens (tertiary/aromatic N) is 2. The molecule has 0 aromatic carbocycles. The van der Waals surface area contributed by atoms with E-state index in [1.807, 2.05) is 0 Å². The van der Waals surface area contributed by atoms with Gasteiger partial charge in [0.1, 0.15) is 17.2 Å². The Morgan fingerprint density at radius 2 is 1.53 bits per heavy atom. The molecular weight excluding hydrogens is 466 g/mol. The van der Waals surface area contributed by atoms with Gasteiger partial charge in [0.05, 0.1) is 17.6 Å². The summed E-state index contributed by atoms with van der Waals surface area (Å²) in [5.74, 6) is -1.63. The van der Waals surface area contributed by atoms with Crippen LogP contribution in [0.2, 0.25) is 0 Å². The van der Waals surface area contributed by atoms with E-state index in [1.165, 1.54) is 18.6 Å². The maximum Gasteiger partial charge on any atom is 0.272 e. The molecule has 1 aliphatic heterocycles. The van der Waals surface area contributed by atoms with E-state index in [1.54, 1.807) is 20.8 Å². The van der Waals surface area contributed by atoms with E-state index < -0.39 is 29.3 Å². The number of hydrogen-bond acceptors (Lipinski definition) is 7. The SMILES string of the molecule is CC1=NC(N)(C(=O)Nc2c[nH]c(C(=O)Nc3c[nH]c(C(=O)NCCC(N)=O)c3C)c2C)C=N1.Cl. The lowest BCUT2D eigenvalue weighted by Gasteiger charge is -2.16. The van der Waals surface area contributed by atoms with E-state index in [0.717, 1.165) is 0 Å². The van der Waals surface area contributed by atoms with Gasteiger partial charge in [-0.1, -0.05) is 0 Å². The molecule has 3 rings (SSSR count). The maximum absolute atomic E-state index is 12.8. The molecule has 0 spiro atoms. The van der Waals surface area contributed by atoms with Crippen LogP contribution in [-0.4, -0.2) is 57.9 Å². The lowest BCUT2D eigenvalue weighted by molar-refractivity contribution is -0.119. The van der Waals surface area contributed by atoms with E-state index in [2.05, 4.69) is 35.9 Å². The zero-order valence-electron chi connectivity index (χ0n) is 18.7. The van der Waals surface area contributed by atoms with Gasteiger partial charge in [0.15, 0.2) is 0 Å². The van der Waals surface area contributed by atoms with Crippen molar-refractivity contribution in [3.63, 3.8) is 0 Å². The zero-order chi connectivity index (χ0) is 24.3. The third-order valence-corrected chi connectivity index (χ3v) is 5.05. The number of amides is 4. The average molecular weight is 492 g/mol. The predicted molar refractivity (Wildman–Crippen MR) is 130 cm³/mol. The summed E-state index contributed by atoms with van der Waals surface area (Å²) in [6.45, 7) is 5.05. The van der Waals surface area contributed by atoms with E-state index in [4.69, 9.17) is 11.5 Å². The second-order valence-electron chi connectivity index (χ2n) is 7.53. The Balaban J connectivity index is 0.00000408. The van der Waals surface area contributed by atoms with Crippen LogP contribution in [0.15, 0.2) is 22.4 Å². The number of hydrogen-bond donors (Lipinski definition) is 7. The predicted octanol–water partition coefficient (Wildman–Crippen LogP) is 0.335. The molecule has 2 aromatic rings. The summed E-state index contributed by atoms with van der Waals surface area (Å²) in [5.41, 5.74) is 11.6. The van der Waals surface area contributed by atoms with Crippen LogP contribution in [-0.2, 0) is 9.59 Å². The minimum Gasteiger partial charge on any atom is -0.370 e. The van der Waals surface area contributed by atoms with Crippen molar-refractivity contribution in [2.45, 2.75) is 32.9 Å². The monoisotopic (exact) mass is 491 g/mol. The third kappa shape index (κ3) is 5.50. The molecule has 0 saturated heterocycles. The molecule has 0 aliphatic carbocycles. The lowest BCUT2D eigenvalue weighted by atomic mass is 10.1. The number of aliphatic imine (C=N–C) groups is 2. The summed E-state index contributed by atoms with van der Waals surface area (Å²) in [6, 6.07) is 0. The number of carbonyl (C=O) groups is 4. The number of aromatic nitrogens is 2. The zero-order valence-corrected chi connectivity index (χ0v) is 19.6. The fourth-order valence-corrected chi connectivity index (χ4v) is 3.14. The third-order valence-electron chi connectivity index (χ3n) is 5.05. The van der Waals surface area contributed by atoms with Crippen molar-refractivity contribution in [2.24, 2.45) is 21.5 Å². The highest BCUT2D eigenvalue weighted by Gasteiger charge is 2.35. The summed E-state index contributed by atoms with van der Waals surface area (Å²) < 4.78 is 0. The van der Waals surface area contributed by atoms with Gasteiger partial charge in [-0.25, -0.2) is 9.98 Å². The largest absolute Gasteiger partial charge is 0.370 e. The van der Waals surface area contributed by atoms with Gasteiger partial charge in [0.25, 0.3) is 17.7 Å². The summed E-state index contributed by atoms with van der Waals surface area (Å²) >= 11 is 0. The van der Waals surface area contributed by atoms with Crippen molar-refractivity contribution in [2.75, 3.05) is 17.2 Å². The number of primary amides is 1. The Labute approximate surface area is 200 Å². The molecular formula is C20H26ClN9O4. The molecule has 2 aromatic heterocycles. The first-order chi connectivity index (χ1) is 15.5. The van der Waals surface area contributed by atoms with E-state index in [-0.39, 0.29) is 36.8 Å². The first-order valence-electron chi connectivity index (χ1n) is 9.97. The Hall–Kier alpha value is -3.97. The highest BCUT2D eigenvalue weighted by atomic mass is 35.5. The van der Waals surface area contributed by atoms with Gasteiger partial charge in [0.2, 0.25) is 11.6 Å². The Morgan fingerprint density at radius 1 is 0.971 bits per heavy atom. The molecule has 13 nitrogen and oxygen atoms in total. The number of H-pyrrole nitrogens is 2. The number of rotatable bonds is 8. The Morgan fingerprint density at radius 3 is 2.06 bits per heavy atom. The molecule has 14 heteroatoms. The molecule has 9 N–H and O–H groups in total. The van der Waals surface area contributed by atoms with Gasteiger partial charge in [-0.15, -0.1) is 12.4 Å². The summed E-state index contributed by atoms with van der Waals surface area (Å²) in [5, 5.41) is 7.93. The molecule has 0 fully saturated rings. The number of carbonyl (C=O) groups excluding carboxylic acids is 4. The van der Waals surface area contributed by atoms with Crippen LogP contribution in [0.3, 0.4) is 0 Å². The molecule has 34 heavy (non-hydrogen) atoms. The van der Waals surface area contributed by atoms with Crippen LogP contribution in [0.4, 0.5) is 11.4 Å². The number of nitrogens with one attached hydrogen (secondary N) is 5. The number of aromatic amines is 2. The number of anilines is 2. The van der Waals surface area contributed by atoms with Crippen LogP contribution in [0.1, 0.15) is 45.4 Å². The normalized spacial score (nSPS) is 16.4. The number of amidine groups is 1. The number of nitrogens with two attached hydrogens (primary N) is 2. The summed E-state index contributed by atoms with van der Waals surface area (Å²) in [4.78, 5) is 61.9. The maximum atomic E-state index is 12.8. The topological polar surface area (TPSA) is 213 Å². The van der Waals surface area contributed by atoms with Crippen LogP contribution >= 0.6 is 12.4 Å². The van der Waals surface area contributed by atoms with Crippen LogP contribution in [0, 0.1) is 13.8 Å². The number of halogens is 1. The molecule has 1 unspecified atom stereocenters. The smallest absolute Gasteiger partial charge is 0.272 e. The highest BCUT2D eigenvalue weighted by Crippen LogP contribution is 2.23. The molecule has 182 valence electrons. The summed E-state index contributed by atoms with van der Waals surface area (Å²) in [6.07, 6.45) is 4.22. The molecule has 1 atom stereocenters. The standard InChI is InChI=1S/C20H25N9O4.ClH/c1-9-12(6-24-15(9)17(31)23-5-4-14(21)30)27-18(32)16-10(2)13(7-25-16)28-19(33)20(22)8-26-11(3)29-20;/h6-8,24-25H,4-5,22H2,1-3H3,(H2,21,30)(H,23,31)(H,27,32)(H,28,33);1H. The van der Waals surface area contributed by atoms with Crippen LogP contribution in [0.5, 0.6) is 0 Å². The van der Waals surface area contributed by atoms with Gasteiger partial charge in [-0.3, -0.25) is 24.9 Å². The lowest BCUT2D eigenvalue weighted by Crippen LogP contribution is -2.50. The van der Waals surface area contributed by atoms with E-state index in [0.29, 0.717) is 28.3 Å². The van der Waals surface area contributed by atoms with Gasteiger partial charge in [-0.2, -0.15) is 0 Å². The van der Waals surface area contributed by atoms with Gasteiger partial charge >= 0.3 is 0 Å². The van der Waals surface area contributed by atoms with Gasteiger partial charge < -0.3 is 31.7 Å². The molecule has 0 radical (unpaired) electrons. The van der Waals surface area contributed by atoms with E-state index >= 15 is 0 Å². The average Bonchev–Trinajstić information content (AvgIpc) is 3.40. The van der Waals surface area contributed by atoms with Crippen molar-refractivity contribution in [3.8, 4) is 0 Å². The van der Waals surface area contributed by atoms with Crippen molar-refractivity contribution in [3.05, 3.63) is 34.9 Å². The molecule has 1 aliphatic rings.